The third kappa shape index (κ3) is 2.96. The number of aromatic nitrogens is 3. The molecule has 0 atom stereocenters. The average molecular weight is 378 g/mol. The molecule has 4 aromatic rings. The third-order valence-corrected chi connectivity index (χ3v) is 4.92. The van der Waals surface area contributed by atoms with Gasteiger partial charge in [0.1, 0.15) is 0 Å². The lowest BCUT2D eigenvalue weighted by Gasteiger charge is -2.11. The van der Waals surface area contributed by atoms with Gasteiger partial charge in [-0.05, 0) is 41.8 Å². The van der Waals surface area contributed by atoms with Crippen molar-refractivity contribution in [2.24, 2.45) is 0 Å². The van der Waals surface area contributed by atoms with Crippen LogP contribution in [0.5, 0.6) is 0 Å². The summed E-state index contributed by atoms with van der Waals surface area (Å²) in [7, 11) is 0. The van der Waals surface area contributed by atoms with E-state index < -0.39 is 5.69 Å². The summed E-state index contributed by atoms with van der Waals surface area (Å²) in [6, 6.07) is 14.6. The summed E-state index contributed by atoms with van der Waals surface area (Å²) in [6.45, 7) is 1.97. The van der Waals surface area contributed by atoms with E-state index in [1.165, 1.54) is 0 Å². The molecule has 0 aliphatic carbocycles. The van der Waals surface area contributed by atoms with Gasteiger partial charge in [0.05, 0.1) is 22.8 Å². The number of hydrogen-bond donors (Lipinski definition) is 1. The molecule has 4 rings (SSSR count). The number of aromatic amines is 1. The number of aryl methyl sites for hydroxylation is 1. The first-order valence-corrected chi connectivity index (χ1v) is 8.95. The van der Waals surface area contributed by atoms with E-state index >= 15 is 0 Å². The van der Waals surface area contributed by atoms with E-state index in [2.05, 4.69) is 9.97 Å². The lowest BCUT2D eigenvalue weighted by molar-refractivity contribution is 0.875. The molecule has 0 spiro atoms. The zero-order valence-corrected chi connectivity index (χ0v) is 15.3. The van der Waals surface area contributed by atoms with Crippen LogP contribution in [-0.4, -0.2) is 14.5 Å². The number of nitrogens with zero attached hydrogens (tertiary/aromatic N) is 2. The number of rotatable bonds is 3. The van der Waals surface area contributed by atoms with Crippen molar-refractivity contribution in [1.82, 2.24) is 14.5 Å². The predicted molar refractivity (Wildman–Crippen MR) is 108 cm³/mol. The van der Waals surface area contributed by atoms with Gasteiger partial charge in [0.2, 0.25) is 0 Å². The molecule has 134 valence electrons. The maximum Gasteiger partial charge on any atom is 0.333 e. The average Bonchev–Trinajstić information content (AvgIpc) is 2.68. The van der Waals surface area contributed by atoms with Crippen LogP contribution in [0.25, 0.3) is 27.7 Å². The van der Waals surface area contributed by atoms with E-state index in [0.29, 0.717) is 28.0 Å². The molecule has 0 aliphatic rings. The molecule has 0 aliphatic heterocycles. The number of H-pyrrole nitrogens is 1. The second-order valence-electron chi connectivity index (χ2n) is 6.17. The van der Waals surface area contributed by atoms with E-state index in [4.69, 9.17) is 11.6 Å². The zero-order chi connectivity index (χ0) is 19.0. The Morgan fingerprint density at radius 2 is 1.93 bits per heavy atom. The topological polar surface area (TPSA) is 67.8 Å². The number of benzene rings is 2. The molecule has 0 saturated carbocycles. The fourth-order valence-electron chi connectivity index (χ4n) is 3.21. The lowest BCUT2D eigenvalue weighted by Crippen LogP contribution is -2.34. The van der Waals surface area contributed by atoms with E-state index in [0.717, 1.165) is 21.3 Å². The highest BCUT2D eigenvalue weighted by Crippen LogP contribution is 2.28. The molecular weight excluding hydrogens is 362 g/mol. The van der Waals surface area contributed by atoms with E-state index in [1.54, 1.807) is 30.6 Å². The molecule has 0 radical (unpaired) electrons. The summed E-state index contributed by atoms with van der Waals surface area (Å²) >= 11 is 6.27. The van der Waals surface area contributed by atoms with Crippen LogP contribution < -0.4 is 11.2 Å². The minimum atomic E-state index is -0.494. The van der Waals surface area contributed by atoms with Gasteiger partial charge >= 0.3 is 5.69 Å². The van der Waals surface area contributed by atoms with Crippen molar-refractivity contribution in [1.29, 1.82) is 0 Å². The van der Waals surface area contributed by atoms with Crippen LogP contribution in [0.1, 0.15) is 12.5 Å². The molecule has 0 fully saturated rings. The Morgan fingerprint density at radius 1 is 1.11 bits per heavy atom. The molecule has 5 nitrogen and oxygen atoms in total. The second-order valence-corrected chi connectivity index (χ2v) is 6.58. The molecule has 27 heavy (non-hydrogen) atoms. The summed E-state index contributed by atoms with van der Waals surface area (Å²) in [5.41, 5.74) is 2.66. The number of hydrogen-bond acceptors (Lipinski definition) is 3. The largest absolute Gasteiger partial charge is 0.333 e. The number of fused-ring (bicyclic) bond motifs is 1. The van der Waals surface area contributed by atoms with E-state index in [9.17, 15) is 9.59 Å². The molecule has 0 amide bonds. The Labute approximate surface area is 159 Å². The highest BCUT2D eigenvalue weighted by molar-refractivity contribution is 6.33. The summed E-state index contributed by atoms with van der Waals surface area (Å²) in [5.74, 6) is 0. The van der Waals surface area contributed by atoms with Crippen LogP contribution in [0.15, 0.2) is 70.5 Å². The van der Waals surface area contributed by atoms with Gasteiger partial charge in [-0.2, -0.15) is 0 Å². The SMILES string of the molecule is CCc1ccncc1-n1c(=O)[nH]c2cc(-c3ccccc3Cl)ccc2c1=O. The van der Waals surface area contributed by atoms with Crippen molar-refractivity contribution in [3.05, 3.63) is 92.3 Å². The van der Waals surface area contributed by atoms with Crippen LogP contribution >= 0.6 is 11.6 Å². The van der Waals surface area contributed by atoms with Crippen molar-refractivity contribution < 1.29 is 0 Å². The highest BCUT2D eigenvalue weighted by atomic mass is 35.5. The summed E-state index contributed by atoms with van der Waals surface area (Å²) < 4.78 is 1.14. The molecule has 1 N–H and O–H groups in total. The first kappa shape index (κ1) is 17.2. The zero-order valence-electron chi connectivity index (χ0n) is 14.6. The van der Waals surface area contributed by atoms with E-state index in [-0.39, 0.29) is 5.56 Å². The fraction of sp³-hybridized carbons (Fsp3) is 0.0952. The normalized spacial score (nSPS) is 11.0. The molecule has 6 heteroatoms. The van der Waals surface area contributed by atoms with Crippen molar-refractivity contribution in [3.8, 4) is 16.8 Å². The van der Waals surface area contributed by atoms with Crippen molar-refractivity contribution in [2.75, 3.05) is 0 Å². The number of nitrogens with one attached hydrogen (secondary N) is 1. The smallest absolute Gasteiger partial charge is 0.306 e. The van der Waals surface area contributed by atoms with Crippen LogP contribution in [0.2, 0.25) is 5.02 Å². The minimum Gasteiger partial charge on any atom is -0.306 e. The van der Waals surface area contributed by atoms with Crippen molar-refractivity contribution >= 4 is 22.5 Å². The predicted octanol–water partition coefficient (Wildman–Crippen LogP) is 3.96. The quantitative estimate of drug-likeness (QED) is 0.587. The maximum atomic E-state index is 13.0. The monoisotopic (exact) mass is 377 g/mol. The summed E-state index contributed by atoms with van der Waals surface area (Å²) in [5, 5.41) is 1.03. The van der Waals surface area contributed by atoms with Crippen LogP contribution in [0.3, 0.4) is 0 Å². The molecule has 2 aromatic heterocycles. The third-order valence-electron chi connectivity index (χ3n) is 4.59. The number of halogens is 1. The molecule has 0 unspecified atom stereocenters. The van der Waals surface area contributed by atoms with Gasteiger partial charge in [0.15, 0.2) is 0 Å². The first-order chi connectivity index (χ1) is 13.1. The molecule has 0 bridgehead atoms. The van der Waals surface area contributed by atoms with Gasteiger partial charge in [-0.25, -0.2) is 9.36 Å². The van der Waals surface area contributed by atoms with Crippen molar-refractivity contribution in [2.45, 2.75) is 13.3 Å². The van der Waals surface area contributed by atoms with Gasteiger partial charge in [-0.15, -0.1) is 0 Å². The van der Waals surface area contributed by atoms with Gasteiger partial charge in [-0.3, -0.25) is 9.78 Å². The second kappa shape index (κ2) is 6.85. The van der Waals surface area contributed by atoms with Crippen LogP contribution in [0, 0.1) is 0 Å². The maximum absolute atomic E-state index is 13.0. The summed E-state index contributed by atoms with van der Waals surface area (Å²) in [6.07, 6.45) is 3.88. The minimum absolute atomic E-state index is 0.373. The first-order valence-electron chi connectivity index (χ1n) is 8.57. The van der Waals surface area contributed by atoms with Crippen LogP contribution in [0.4, 0.5) is 0 Å². The Hall–Kier alpha value is -3.18. The molecule has 0 saturated heterocycles. The lowest BCUT2D eigenvalue weighted by atomic mass is 10.0. The summed E-state index contributed by atoms with van der Waals surface area (Å²) in [4.78, 5) is 32.6. The Kier molecular flexibility index (Phi) is 4.38. The molecular formula is C21H16ClN3O2. The number of pyridine rings is 1. The Balaban J connectivity index is 1.97. The van der Waals surface area contributed by atoms with Gasteiger partial charge < -0.3 is 4.98 Å². The molecule has 2 heterocycles. The Bertz CT molecular complexity index is 1270. The van der Waals surface area contributed by atoms with E-state index in [1.807, 2.05) is 37.3 Å². The van der Waals surface area contributed by atoms with Crippen LogP contribution in [-0.2, 0) is 6.42 Å². The van der Waals surface area contributed by atoms with Gasteiger partial charge in [0.25, 0.3) is 5.56 Å². The highest BCUT2D eigenvalue weighted by Gasteiger charge is 2.13. The Morgan fingerprint density at radius 3 is 2.70 bits per heavy atom. The van der Waals surface area contributed by atoms with Gasteiger partial charge in [0, 0.05) is 16.8 Å². The fourth-order valence-corrected chi connectivity index (χ4v) is 3.46. The molecule has 2 aromatic carbocycles. The van der Waals surface area contributed by atoms with Crippen molar-refractivity contribution in [3.63, 3.8) is 0 Å². The van der Waals surface area contributed by atoms with Gasteiger partial charge in [-0.1, -0.05) is 42.8 Å². The standard InChI is InChI=1S/C21H16ClN3O2/c1-2-13-9-10-23-12-19(13)25-20(26)16-8-7-14(11-18(16)24-21(25)27)15-5-3-4-6-17(15)22/h3-12H,2H2,1H3,(H,24,27).